The molecular weight excluding hydrogens is 451 g/mol. The highest BCUT2D eigenvalue weighted by Gasteiger charge is 2.32. The lowest BCUT2D eigenvalue weighted by molar-refractivity contribution is -0.137. The van der Waals surface area contributed by atoms with Gasteiger partial charge in [0.1, 0.15) is 0 Å². The molecule has 180 valence electrons. The second kappa shape index (κ2) is 9.35. The summed E-state index contributed by atoms with van der Waals surface area (Å²) in [6.07, 6.45) is 0.517. The zero-order chi connectivity index (χ0) is 23.8. The number of amides is 1. The SMILES string of the molecule is CC(C)(C)c1cn(C[C@H]2CCCO2)c(=NC(=O)c2cc(C(F)(F)F)ccc2CN2CCC2)s1. The van der Waals surface area contributed by atoms with Crippen LogP contribution in [0.2, 0.25) is 0 Å². The molecule has 0 radical (unpaired) electrons. The average molecular weight is 482 g/mol. The van der Waals surface area contributed by atoms with E-state index in [0.717, 1.165) is 56.0 Å². The lowest BCUT2D eigenvalue weighted by Crippen LogP contribution is -2.36. The zero-order valence-corrected chi connectivity index (χ0v) is 20.1. The second-order valence-electron chi connectivity index (χ2n) is 9.83. The molecule has 2 aliphatic heterocycles. The number of hydrogen-bond acceptors (Lipinski definition) is 4. The maximum atomic E-state index is 13.4. The van der Waals surface area contributed by atoms with E-state index < -0.39 is 17.6 Å². The van der Waals surface area contributed by atoms with Gasteiger partial charge in [-0.3, -0.25) is 9.69 Å². The number of thiazole rings is 1. The molecule has 0 saturated carbocycles. The van der Waals surface area contributed by atoms with Gasteiger partial charge in [0.05, 0.1) is 18.2 Å². The van der Waals surface area contributed by atoms with Crippen LogP contribution in [0.15, 0.2) is 29.4 Å². The van der Waals surface area contributed by atoms with Gasteiger partial charge in [-0.05, 0) is 55.5 Å². The third-order valence-corrected chi connectivity index (χ3v) is 7.54. The number of ether oxygens (including phenoxy) is 1. The molecule has 1 atom stereocenters. The molecule has 9 heteroatoms. The van der Waals surface area contributed by atoms with Crippen molar-refractivity contribution in [2.24, 2.45) is 4.99 Å². The van der Waals surface area contributed by atoms with Crippen molar-refractivity contribution in [1.82, 2.24) is 9.47 Å². The first kappa shape index (κ1) is 24.2. The first-order valence-electron chi connectivity index (χ1n) is 11.3. The fourth-order valence-corrected chi connectivity index (χ4v) is 5.03. The smallest absolute Gasteiger partial charge is 0.376 e. The van der Waals surface area contributed by atoms with Crippen LogP contribution in [-0.2, 0) is 29.4 Å². The monoisotopic (exact) mass is 481 g/mol. The van der Waals surface area contributed by atoms with Gasteiger partial charge in [0.25, 0.3) is 5.91 Å². The van der Waals surface area contributed by atoms with Crippen LogP contribution in [0.5, 0.6) is 0 Å². The van der Waals surface area contributed by atoms with Crippen molar-refractivity contribution in [2.75, 3.05) is 19.7 Å². The standard InChI is InChI=1S/C24H30F3N3O2S/c1-23(2,3)20-15-30(14-18-6-4-11-32-18)22(33-20)28-21(31)19-12-17(24(25,26)27)8-7-16(19)13-29-9-5-10-29/h7-8,12,15,18H,4-6,9-11,13-14H2,1-3H3/t18-/m1/s1. The van der Waals surface area contributed by atoms with E-state index in [9.17, 15) is 18.0 Å². The highest BCUT2D eigenvalue weighted by molar-refractivity contribution is 7.09. The molecule has 2 fully saturated rings. The molecule has 1 aromatic heterocycles. The van der Waals surface area contributed by atoms with Crippen molar-refractivity contribution in [3.05, 3.63) is 50.8 Å². The number of nitrogens with zero attached hydrogens (tertiary/aromatic N) is 3. The Labute approximate surface area is 195 Å². The van der Waals surface area contributed by atoms with Gasteiger partial charge in [-0.15, -0.1) is 11.3 Å². The molecule has 4 rings (SSSR count). The highest BCUT2D eigenvalue weighted by Crippen LogP contribution is 2.31. The summed E-state index contributed by atoms with van der Waals surface area (Å²) < 4.78 is 47.8. The van der Waals surface area contributed by atoms with Crippen LogP contribution in [0.1, 0.15) is 66.4 Å². The number of halogens is 3. The average Bonchev–Trinajstić information content (AvgIpc) is 3.34. The van der Waals surface area contributed by atoms with E-state index in [4.69, 9.17) is 4.74 Å². The molecule has 0 aliphatic carbocycles. The summed E-state index contributed by atoms with van der Waals surface area (Å²) >= 11 is 1.41. The zero-order valence-electron chi connectivity index (χ0n) is 19.2. The summed E-state index contributed by atoms with van der Waals surface area (Å²) in [6.45, 7) is 9.75. The topological polar surface area (TPSA) is 46.8 Å². The number of hydrogen-bond donors (Lipinski definition) is 0. The van der Waals surface area contributed by atoms with Crippen molar-refractivity contribution in [3.8, 4) is 0 Å². The van der Waals surface area contributed by atoms with E-state index in [0.29, 0.717) is 23.5 Å². The van der Waals surface area contributed by atoms with Crippen LogP contribution < -0.4 is 4.80 Å². The summed E-state index contributed by atoms with van der Waals surface area (Å²) in [5, 5.41) is 0. The number of carbonyl (C=O) groups excluding carboxylic acids is 1. The molecule has 1 amide bonds. The van der Waals surface area contributed by atoms with Crippen molar-refractivity contribution >= 4 is 17.2 Å². The van der Waals surface area contributed by atoms with Crippen LogP contribution in [0.3, 0.4) is 0 Å². The number of rotatable bonds is 5. The fourth-order valence-electron chi connectivity index (χ4n) is 3.97. The van der Waals surface area contributed by atoms with Crippen molar-refractivity contribution in [2.45, 2.75) is 70.8 Å². The van der Waals surface area contributed by atoms with Gasteiger partial charge in [0.2, 0.25) is 0 Å². The minimum Gasteiger partial charge on any atom is -0.376 e. The number of aromatic nitrogens is 1. The third-order valence-electron chi connectivity index (χ3n) is 6.09. The molecule has 0 unspecified atom stereocenters. The van der Waals surface area contributed by atoms with Crippen LogP contribution >= 0.6 is 11.3 Å². The van der Waals surface area contributed by atoms with Gasteiger partial charge in [-0.2, -0.15) is 18.2 Å². The lowest BCUT2D eigenvalue weighted by Gasteiger charge is -2.31. The Morgan fingerprint density at radius 1 is 1.21 bits per heavy atom. The van der Waals surface area contributed by atoms with Gasteiger partial charge >= 0.3 is 6.18 Å². The Hall–Kier alpha value is -1.97. The van der Waals surface area contributed by atoms with Gasteiger partial charge in [0.15, 0.2) is 4.80 Å². The quantitative estimate of drug-likeness (QED) is 0.604. The van der Waals surface area contributed by atoms with Crippen molar-refractivity contribution < 1.29 is 22.7 Å². The largest absolute Gasteiger partial charge is 0.416 e. The summed E-state index contributed by atoms with van der Waals surface area (Å²) in [5.74, 6) is -0.639. The Morgan fingerprint density at radius 3 is 2.55 bits per heavy atom. The first-order valence-corrected chi connectivity index (χ1v) is 12.2. The first-order chi connectivity index (χ1) is 15.5. The van der Waals surface area contributed by atoms with Crippen LogP contribution in [0.4, 0.5) is 13.2 Å². The normalized spacial score (nSPS) is 20.3. The van der Waals surface area contributed by atoms with E-state index in [1.54, 1.807) is 0 Å². The molecule has 0 N–H and O–H groups in total. The van der Waals surface area contributed by atoms with E-state index in [1.807, 2.05) is 10.8 Å². The molecule has 2 saturated heterocycles. The fraction of sp³-hybridized carbons (Fsp3) is 0.583. The molecular formula is C24H30F3N3O2S. The minimum atomic E-state index is -4.52. The molecule has 2 aliphatic rings. The summed E-state index contributed by atoms with van der Waals surface area (Å²) in [5.41, 5.74) is -0.374. The molecule has 33 heavy (non-hydrogen) atoms. The molecule has 2 aromatic rings. The van der Waals surface area contributed by atoms with Gasteiger partial charge in [-0.1, -0.05) is 26.8 Å². The van der Waals surface area contributed by atoms with E-state index in [1.165, 1.54) is 17.4 Å². The molecule has 0 bridgehead atoms. The van der Waals surface area contributed by atoms with Crippen molar-refractivity contribution in [3.63, 3.8) is 0 Å². The van der Waals surface area contributed by atoms with Crippen LogP contribution in [-0.4, -0.2) is 41.2 Å². The Kier molecular flexibility index (Phi) is 6.85. The number of likely N-dealkylation sites (tertiary alicyclic amines) is 1. The number of alkyl halides is 3. The predicted octanol–water partition coefficient (Wildman–Crippen LogP) is 4.99. The van der Waals surface area contributed by atoms with Gasteiger partial charge in [0, 0.05) is 29.8 Å². The predicted molar refractivity (Wildman–Crippen MR) is 121 cm³/mol. The van der Waals surface area contributed by atoms with E-state index >= 15 is 0 Å². The third kappa shape index (κ3) is 5.75. The highest BCUT2D eigenvalue weighted by atomic mass is 32.1. The van der Waals surface area contributed by atoms with Crippen LogP contribution in [0, 0.1) is 0 Å². The molecule has 3 heterocycles. The second-order valence-corrected chi connectivity index (χ2v) is 10.8. The van der Waals surface area contributed by atoms with Gasteiger partial charge < -0.3 is 9.30 Å². The van der Waals surface area contributed by atoms with E-state index in [-0.39, 0.29) is 17.1 Å². The molecule has 0 spiro atoms. The molecule has 1 aromatic carbocycles. The van der Waals surface area contributed by atoms with Crippen LogP contribution in [0.25, 0.3) is 0 Å². The maximum absolute atomic E-state index is 13.4. The summed E-state index contributed by atoms with van der Waals surface area (Å²) in [4.78, 5) is 21.3. The van der Waals surface area contributed by atoms with Crippen molar-refractivity contribution in [1.29, 1.82) is 0 Å². The van der Waals surface area contributed by atoms with Gasteiger partial charge in [-0.25, -0.2) is 0 Å². The number of benzene rings is 1. The Balaban J connectivity index is 1.73. The van der Waals surface area contributed by atoms with E-state index in [2.05, 4.69) is 30.7 Å². The lowest BCUT2D eigenvalue weighted by atomic mass is 9.95. The Morgan fingerprint density at radius 2 is 1.97 bits per heavy atom. The summed E-state index contributed by atoms with van der Waals surface area (Å²) in [7, 11) is 0. The molecule has 5 nitrogen and oxygen atoms in total. The summed E-state index contributed by atoms with van der Waals surface area (Å²) in [6, 6.07) is 3.41. The minimum absolute atomic E-state index is 0.0195. The maximum Gasteiger partial charge on any atom is 0.416 e. The Bertz CT molecular complexity index is 1070. The number of carbonyl (C=O) groups is 1.